The first-order valence-electron chi connectivity index (χ1n) is 7.83. The van der Waals surface area contributed by atoms with Crippen molar-refractivity contribution in [3.05, 3.63) is 54.1 Å². The zero-order chi connectivity index (χ0) is 17.1. The van der Waals surface area contributed by atoms with E-state index in [2.05, 4.69) is 4.99 Å². The van der Waals surface area contributed by atoms with Crippen LogP contribution in [0.4, 0.5) is 5.69 Å². The Morgan fingerprint density at radius 1 is 1.21 bits per heavy atom. The lowest BCUT2D eigenvalue weighted by molar-refractivity contribution is -0.121. The van der Waals surface area contributed by atoms with Crippen LogP contribution in [0.5, 0.6) is 5.75 Å². The highest BCUT2D eigenvalue weighted by Crippen LogP contribution is 2.31. The van der Waals surface area contributed by atoms with E-state index in [-0.39, 0.29) is 31.0 Å². The third-order valence-corrected chi connectivity index (χ3v) is 3.60. The fourth-order valence-electron chi connectivity index (χ4n) is 2.55. The highest BCUT2D eigenvalue weighted by molar-refractivity contribution is 6.02. The summed E-state index contributed by atoms with van der Waals surface area (Å²) in [7, 11) is 0. The molecule has 1 aliphatic heterocycles. The number of fused-ring (bicyclic) bond motifs is 1. The molecule has 0 bridgehead atoms. The minimum absolute atomic E-state index is 0.0610. The second kappa shape index (κ2) is 6.70. The molecular weight excluding hydrogens is 306 g/mol. The summed E-state index contributed by atoms with van der Waals surface area (Å²) in [5.74, 6) is 0.149. The van der Waals surface area contributed by atoms with Crippen LogP contribution in [0.3, 0.4) is 0 Å². The van der Waals surface area contributed by atoms with E-state index in [0.29, 0.717) is 16.9 Å². The number of rotatable bonds is 3. The van der Waals surface area contributed by atoms with Crippen molar-refractivity contribution in [1.82, 2.24) is 4.57 Å². The molecule has 0 fully saturated rings. The van der Waals surface area contributed by atoms with Crippen molar-refractivity contribution in [3.8, 4) is 5.75 Å². The molecule has 0 unspecified atom stereocenters. The van der Waals surface area contributed by atoms with Gasteiger partial charge in [0, 0.05) is 12.2 Å². The number of anilines is 1. The Balaban J connectivity index is 1.93. The zero-order valence-corrected chi connectivity index (χ0v) is 13.7. The highest BCUT2D eigenvalue weighted by atomic mass is 16.5. The lowest BCUT2D eigenvalue weighted by Gasteiger charge is -2.28. The maximum atomic E-state index is 12.7. The molecule has 124 valence electrons. The number of aromatic nitrogens is 1. The van der Waals surface area contributed by atoms with Gasteiger partial charge in [0.1, 0.15) is 17.8 Å². The number of carbonyl (C=O) groups is 2. The summed E-state index contributed by atoms with van der Waals surface area (Å²) in [6.07, 6.45) is 1.67. The molecule has 0 saturated carbocycles. The lowest BCUT2D eigenvalue weighted by Crippen LogP contribution is -2.44. The third-order valence-electron chi connectivity index (χ3n) is 3.60. The fourth-order valence-corrected chi connectivity index (χ4v) is 2.55. The number of hydrogen-bond donors (Lipinski definition) is 0. The van der Waals surface area contributed by atoms with Crippen molar-refractivity contribution in [1.29, 1.82) is 0 Å². The molecule has 0 spiro atoms. The van der Waals surface area contributed by atoms with Crippen molar-refractivity contribution in [2.45, 2.75) is 19.9 Å². The quantitative estimate of drug-likeness (QED) is 0.865. The summed E-state index contributed by atoms with van der Waals surface area (Å²) in [5.41, 5.74) is 1.19. The third kappa shape index (κ3) is 3.22. The number of pyridine rings is 1. The van der Waals surface area contributed by atoms with Gasteiger partial charge in [0.25, 0.3) is 11.8 Å². The number of ether oxygens (including phenoxy) is 1. The molecule has 0 N–H and O–H groups in total. The van der Waals surface area contributed by atoms with Crippen LogP contribution in [0.2, 0.25) is 0 Å². The van der Waals surface area contributed by atoms with Gasteiger partial charge in [-0.05, 0) is 38.1 Å². The van der Waals surface area contributed by atoms with Gasteiger partial charge in [-0.25, -0.2) is 0 Å². The second-order valence-electron chi connectivity index (χ2n) is 5.78. The summed E-state index contributed by atoms with van der Waals surface area (Å²) >= 11 is 0. The topological polar surface area (TPSA) is 63.9 Å². The van der Waals surface area contributed by atoms with Crippen LogP contribution in [0.15, 0.2) is 53.7 Å². The van der Waals surface area contributed by atoms with Gasteiger partial charge in [-0.3, -0.25) is 24.0 Å². The Hall–Kier alpha value is -2.89. The first-order chi connectivity index (χ1) is 11.6. The van der Waals surface area contributed by atoms with Crippen LogP contribution in [-0.2, 0) is 4.79 Å². The fraction of sp³-hybridized carbons (Fsp3) is 0.278. The van der Waals surface area contributed by atoms with Gasteiger partial charge in [0.15, 0.2) is 6.61 Å². The molecule has 0 saturated heterocycles. The van der Waals surface area contributed by atoms with Gasteiger partial charge in [0.2, 0.25) is 0 Å². The number of benzene rings is 1. The molecule has 1 amide bonds. The Morgan fingerprint density at radius 3 is 2.75 bits per heavy atom. The normalized spacial score (nSPS) is 14.5. The Labute approximate surface area is 140 Å². The molecule has 0 atom stereocenters. The molecule has 0 aliphatic carbocycles. The van der Waals surface area contributed by atoms with Crippen molar-refractivity contribution >= 4 is 17.5 Å². The summed E-state index contributed by atoms with van der Waals surface area (Å²) < 4.78 is 6.88. The van der Waals surface area contributed by atoms with E-state index in [9.17, 15) is 9.59 Å². The Bertz CT molecular complexity index is 839. The smallest absolute Gasteiger partial charge is 0.265 e. The van der Waals surface area contributed by atoms with Crippen LogP contribution in [0.25, 0.3) is 0 Å². The summed E-state index contributed by atoms with van der Waals surface area (Å²) in [5, 5.41) is 0. The van der Waals surface area contributed by atoms with E-state index < -0.39 is 0 Å². The molecule has 0 radical (unpaired) electrons. The summed E-state index contributed by atoms with van der Waals surface area (Å²) in [4.78, 5) is 30.9. The van der Waals surface area contributed by atoms with Crippen molar-refractivity contribution in [3.63, 3.8) is 0 Å². The van der Waals surface area contributed by atoms with Crippen LogP contribution >= 0.6 is 0 Å². The monoisotopic (exact) mass is 325 g/mol. The highest BCUT2D eigenvalue weighted by Gasteiger charge is 2.27. The number of carbonyl (C=O) groups excluding carboxylic acids is 2. The first kappa shape index (κ1) is 16.0. The van der Waals surface area contributed by atoms with E-state index >= 15 is 0 Å². The Morgan fingerprint density at radius 2 is 1.96 bits per heavy atom. The second-order valence-corrected chi connectivity index (χ2v) is 5.78. The predicted octanol–water partition coefficient (Wildman–Crippen LogP) is 1.86. The standard InChI is InChI=1S/C18H19N3O3/c1-13(2)19-16-9-5-6-10-20(16)17(22)11-21-14-7-3-4-8-15(14)24-12-18(21)23/h3-10,13H,11-12H2,1-2H3. The van der Waals surface area contributed by atoms with Gasteiger partial charge in [-0.2, -0.15) is 0 Å². The van der Waals surface area contributed by atoms with Crippen LogP contribution in [0, 0.1) is 0 Å². The van der Waals surface area contributed by atoms with E-state index in [4.69, 9.17) is 4.74 Å². The van der Waals surface area contributed by atoms with E-state index in [1.165, 1.54) is 9.47 Å². The van der Waals surface area contributed by atoms with Crippen molar-refractivity contribution in [2.24, 2.45) is 4.99 Å². The molecule has 1 aromatic carbocycles. The minimum atomic E-state index is -0.235. The molecular formula is C18H19N3O3. The molecule has 1 aromatic heterocycles. The number of hydrogen-bond acceptors (Lipinski definition) is 4. The van der Waals surface area contributed by atoms with Gasteiger partial charge < -0.3 is 4.74 Å². The van der Waals surface area contributed by atoms with Crippen LogP contribution < -0.4 is 15.1 Å². The van der Waals surface area contributed by atoms with Gasteiger partial charge in [-0.1, -0.05) is 18.2 Å². The van der Waals surface area contributed by atoms with E-state index in [1.807, 2.05) is 32.0 Å². The maximum Gasteiger partial charge on any atom is 0.265 e. The predicted molar refractivity (Wildman–Crippen MR) is 90.0 cm³/mol. The van der Waals surface area contributed by atoms with Gasteiger partial charge >= 0.3 is 0 Å². The van der Waals surface area contributed by atoms with Crippen molar-refractivity contribution in [2.75, 3.05) is 18.1 Å². The SMILES string of the molecule is CC(C)N=c1ccccn1C(=O)CN1C(=O)COc2ccccc21. The summed E-state index contributed by atoms with van der Waals surface area (Å²) in [6, 6.07) is 12.7. The van der Waals surface area contributed by atoms with Gasteiger partial charge in [0.05, 0.1) is 5.69 Å². The zero-order valence-electron chi connectivity index (χ0n) is 13.7. The lowest BCUT2D eigenvalue weighted by atomic mass is 10.2. The molecule has 6 nitrogen and oxygen atoms in total. The summed E-state index contributed by atoms with van der Waals surface area (Å²) in [6.45, 7) is 3.77. The maximum absolute atomic E-state index is 12.7. The van der Waals surface area contributed by atoms with Crippen LogP contribution in [-0.4, -0.2) is 35.6 Å². The average molecular weight is 325 g/mol. The molecule has 1 aliphatic rings. The van der Waals surface area contributed by atoms with E-state index in [1.54, 1.807) is 30.5 Å². The Kier molecular flexibility index (Phi) is 4.46. The number of amides is 1. The largest absolute Gasteiger partial charge is 0.482 e. The van der Waals surface area contributed by atoms with Crippen molar-refractivity contribution < 1.29 is 14.3 Å². The molecule has 2 heterocycles. The first-order valence-corrected chi connectivity index (χ1v) is 7.83. The molecule has 24 heavy (non-hydrogen) atoms. The number of para-hydroxylation sites is 2. The number of nitrogens with zero attached hydrogens (tertiary/aromatic N) is 3. The molecule has 3 rings (SSSR count). The molecule has 6 heteroatoms. The average Bonchev–Trinajstić information content (AvgIpc) is 2.57. The minimum Gasteiger partial charge on any atom is -0.482 e. The van der Waals surface area contributed by atoms with Gasteiger partial charge in [-0.15, -0.1) is 0 Å². The molecule has 2 aromatic rings. The van der Waals surface area contributed by atoms with E-state index in [0.717, 1.165) is 0 Å². The van der Waals surface area contributed by atoms with Crippen LogP contribution in [0.1, 0.15) is 18.6 Å².